The van der Waals surface area contributed by atoms with Crippen LogP contribution in [-0.2, 0) is 9.53 Å². The van der Waals surface area contributed by atoms with Crippen molar-refractivity contribution in [3.05, 3.63) is 24.3 Å². The number of anilines is 2. The van der Waals surface area contributed by atoms with E-state index in [0.717, 1.165) is 25.7 Å². The summed E-state index contributed by atoms with van der Waals surface area (Å²) in [6.45, 7) is 2.55. The van der Waals surface area contributed by atoms with Gasteiger partial charge < -0.3 is 15.4 Å². The van der Waals surface area contributed by atoms with Crippen molar-refractivity contribution in [1.82, 2.24) is 10.6 Å². The molecule has 1 aliphatic carbocycles. The Kier molecular flexibility index (Phi) is 6.16. The number of urea groups is 1. The van der Waals surface area contributed by atoms with Crippen LogP contribution < -0.4 is 20.9 Å². The van der Waals surface area contributed by atoms with Crippen molar-refractivity contribution in [2.24, 2.45) is 0 Å². The van der Waals surface area contributed by atoms with Crippen molar-refractivity contribution in [3.63, 3.8) is 0 Å². The molecule has 0 aromatic heterocycles. The van der Waals surface area contributed by atoms with Crippen molar-refractivity contribution >= 4 is 29.4 Å². The number of cyclic esters (lactones) is 1. The van der Waals surface area contributed by atoms with Gasteiger partial charge in [-0.15, -0.1) is 0 Å². The number of hydrogen-bond donors (Lipinski definition) is 3. The first kappa shape index (κ1) is 19.0. The van der Waals surface area contributed by atoms with Gasteiger partial charge in [0.25, 0.3) is 0 Å². The molecule has 3 N–H and O–H groups in total. The Morgan fingerprint density at radius 2 is 2.00 bits per heavy atom. The maximum absolute atomic E-state index is 12.3. The van der Waals surface area contributed by atoms with E-state index in [-0.39, 0.29) is 12.1 Å². The van der Waals surface area contributed by atoms with Crippen LogP contribution in [0.2, 0.25) is 0 Å². The molecule has 1 unspecified atom stereocenters. The van der Waals surface area contributed by atoms with Crippen molar-refractivity contribution < 1.29 is 19.1 Å². The second kappa shape index (κ2) is 8.75. The summed E-state index contributed by atoms with van der Waals surface area (Å²) in [5.41, 5.74) is 1.38. The number of benzene rings is 1. The lowest BCUT2D eigenvalue weighted by Gasteiger charge is -2.23. The van der Waals surface area contributed by atoms with Crippen LogP contribution in [-0.4, -0.2) is 43.3 Å². The third-order valence-corrected chi connectivity index (χ3v) is 4.87. The molecule has 1 saturated heterocycles. The molecule has 0 bridgehead atoms. The zero-order chi connectivity index (χ0) is 19.2. The first-order valence-electron chi connectivity index (χ1n) is 9.45. The van der Waals surface area contributed by atoms with Crippen LogP contribution in [0.3, 0.4) is 0 Å². The van der Waals surface area contributed by atoms with Gasteiger partial charge in [0.1, 0.15) is 12.6 Å². The summed E-state index contributed by atoms with van der Waals surface area (Å²) < 4.78 is 4.94. The monoisotopic (exact) mass is 374 g/mol. The molecule has 1 aromatic rings. The molecule has 0 radical (unpaired) electrons. The molecule has 8 heteroatoms. The molecule has 8 nitrogen and oxygen atoms in total. The Labute approximate surface area is 158 Å². The quantitative estimate of drug-likeness (QED) is 0.736. The topological polar surface area (TPSA) is 99.8 Å². The molecule has 0 spiro atoms. The Balaban J connectivity index is 1.51. The predicted molar refractivity (Wildman–Crippen MR) is 102 cm³/mol. The van der Waals surface area contributed by atoms with Crippen LogP contribution in [0.25, 0.3) is 0 Å². The number of imide groups is 1. The maximum Gasteiger partial charge on any atom is 0.414 e. The summed E-state index contributed by atoms with van der Waals surface area (Å²) in [7, 11) is 0. The van der Waals surface area contributed by atoms with E-state index in [1.165, 1.54) is 11.3 Å². The number of carbonyl (C=O) groups excluding carboxylic acids is 3. The smallest absolute Gasteiger partial charge is 0.414 e. The van der Waals surface area contributed by atoms with Gasteiger partial charge in [0.2, 0.25) is 5.91 Å². The van der Waals surface area contributed by atoms with E-state index in [1.54, 1.807) is 31.2 Å². The molecule has 1 aromatic carbocycles. The van der Waals surface area contributed by atoms with Gasteiger partial charge in [-0.3, -0.25) is 15.0 Å². The summed E-state index contributed by atoms with van der Waals surface area (Å²) >= 11 is 0. The molecule has 146 valence electrons. The number of carbonyl (C=O) groups is 3. The molecule has 4 amide bonds. The van der Waals surface area contributed by atoms with Gasteiger partial charge in [-0.25, -0.2) is 9.59 Å². The fourth-order valence-electron chi connectivity index (χ4n) is 3.40. The maximum atomic E-state index is 12.3. The number of ether oxygens (including phenoxy) is 1. The number of amides is 4. The Hall–Kier alpha value is -2.77. The first-order chi connectivity index (χ1) is 13.0. The molecule has 3 rings (SSSR count). The molecule has 2 fully saturated rings. The fraction of sp³-hybridized carbons (Fsp3) is 0.526. The SMILES string of the molecule is CC(Nc1cccc(N2CCOC2=O)c1)C(=O)NC(=O)NC1CCCCC1. The van der Waals surface area contributed by atoms with E-state index in [2.05, 4.69) is 16.0 Å². The first-order valence-corrected chi connectivity index (χ1v) is 9.45. The van der Waals surface area contributed by atoms with E-state index in [4.69, 9.17) is 4.74 Å². The second-order valence-electron chi connectivity index (χ2n) is 6.98. The van der Waals surface area contributed by atoms with Crippen LogP contribution >= 0.6 is 0 Å². The molecular formula is C19H26N4O4. The van der Waals surface area contributed by atoms with E-state index in [9.17, 15) is 14.4 Å². The lowest BCUT2D eigenvalue weighted by molar-refractivity contribution is -0.120. The lowest BCUT2D eigenvalue weighted by atomic mass is 9.96. The van der Waals surface area contributed by atoms with Crippen molar-refractivity contribution in [2.75, 3.05) is 23.4 Å². The third-order valence-electron chi connectivity index (χ3n) is 4.87. The van der Waals surface area contributed by atoms with E-state index in [0.29, 0.717) is 24.5 Å². The van der Waals surface area contributed by atoms with Gasteiger partial charge in [0, 0.05) is 17.4 Å². The third kappa shape index (κ3) is 5.12. The number of nitrogens with one attached hydrogen (secondary N) is 3. The number of rotatable bonds is 5. The van der Waals surface area contributed by atoms with Crippen molar-refractivity contribution in [2.45, 2.75) is 51.1 Å². The highest BCUT2D eigenvalue weighted by atomic mass is 16.6. The van der Waals surface area contributed by atoms with Crippen molar-refractivity contribution in [3.8, 4) is 0 Å². The Bertz CT molecular complexity index is 703. The second-order valence-corrected chi connectivity index (χ2v) is 6.98. The number of nitrogens with zero attached hydrogens (tertiary/aromatic N) is 1. The Morgan fingerprint density at radius 1 is 1.22 bits per heavy atom. The molecule has 1 aliphatic heterocycles. The van der Waals surface area contributed by atoms with E-state index >= 15 is 0 Å². The highest BCUT2D eigenvalue weighted by Crippen LogP contribution is 2.23. The van der Waals surface area contributed by atoms with Gasteiger partial charge in [-0.05, 0) is 38.0 Å². The zero-order valence-electron chi connectivity index (χ0n) is 15.5. The normalized spacial score (nSPS) is 18.6. The van der Waals surface area contributed by atoms with Crippen LogP contribution in [0, 0.1) is 0 Å². The lowest BCUT2D eigenvalue weighted by Crippen LogP contribution is -2.49. The Morgan fingerprint density at radius 3 is 2.70 bits per heavy atom. The molecule has 1 heterocycles. The average molecular weight is 374 g/mol. The van der Waals surface area contributed by atoms with Gasteiger partial charge >= 0.3 is 12.1 Å². The minimum atomic E-state index is -0.608. The summed E-state index contributed by atoms with van der Waals surface area (Å²) in [6, 6.07) is 6.27. The predicted octanol–water partition coefficient (Wildman–Crippen LogP) is 2.60. The van der Waals surface area contributed by atoms with Crippen LogP contribution in [0.15, 0.2) is 24.3 Å². The van der Waals surface area contributed by atoms with Gasteiger partial charge in [-0.2, -0.15) is 0 Å². The fourth-order valence-corrected chi connectivity index (χ4v) is 3.40. The van der Waals surface area contributed by atoms with Crippen molar-refractivity contribution in [1.29, 1.82) is 0 Å². The van der Waals surface area contributed by atoms with Gasteiger partial charge in [0.05, 0.1) is 6.54 Å². The minimum absolute atomic E-state index is 0.145. The molecule has 2 aliphatic rings. The van der Waals surface area contributed by atoms with Gasteiger partial charge in [-0.1, -0.05) is 25.3 Å². The van der Waals surface area contributed by atoms with Crippen LogP contribution in [0.4, 0.5) is 21.0 Å². The standard InChI is InChI=1S/C19H26N4O4/c1-13(17(24)22-18(25)21-14-6-3-2-4-7-14)20-15-8-5-9-16(12-15)23-10-11-27-19(23)26/h5,8-9,12-14,20H,2-4,6-7,10-11H2,1H3,(H2,21,22,24,25). The summed E-state index contributed by atoms with van der Waals surface area (Å²) in [4.78, 5) is 37.5. The van der Waals surface area contributed by atoms with Crippen LogP contribution in [0.5, 0.6) is 0 Å². The van der Waals surface area contributed by atoms with E-state index in [1.807, 2.05) is 0 Å². The molecular weight excluding hydrogens is 348 g/mol. The van der Waals surface area contributed by atoms with E-state index < -0.39 is 18.0 Å². The van der Waals surface area contributed by atoms with Gasteiger partial charge in [0.15, 0.2) is 0 Å². The molecule has 1 saturated carbocycles. The zero-order valence-corrected chi connectivity index (χ0v) is 15.5. The molecule has 27 heavy (non-hydrogen) atoms. The summed E-state index contributed by atoms with van der Waals surface area (Å²) in [5, 5.41) is 8.31. The van der Waals surface area contributed by atoms with Crippen LogP contribution in [0.1, 0.15) is 39.0 Å². The molecule has 1 atom stereocenters. The highest BCUT2D eigenvalue weighted by Gasteiger charge is 2.24. The average Bonchev–Trinajstić information content (AvgIpc) is 3.08. The largest absolute Gasteiger partial charge is 0.447 e. The summed E-state index contributed by atoms with van der Waals surface area (Å²) in [5.74, 6) is -0.408. The highest BCUT2D eigenvalue weighted by molar-refractivity contribution is 5.98. The number of hydrogen-bond acceptors (Lipinski definition) is 5. The summed E-state index contributed by atoms with van der Waals surface area (Å²) in [6.07, 6.45) is 4.96. The minimum Gasteiger partial charge on any atom is -0.447 e.